The molecule has 0 atom stereocenters. The van der Waals surface area contributed by atoms with E-state index in [0.29, 0.717) is 0 Å². The first-order valence-corrected chi connectivity index (χ1v) is 3.82. The van der Waals surface area contributed by atoms with Gasteiger partial charge < -0.3 is 9.80 Å². The summed E-state index contributed by atoms with van der Waals surface area (Å²) in [5, 5.41) is 0. The molecular formula is C8H20N2. The van der Waals surface area contributed by atoms with Gasteiger partial charge in [-0.2, -0.15) is 0 Å². The van der Waals surface area contributed by atoms with Gasteiger partial charge in [-0.15, -0.1) is 0 Å². The Bertz CT molecular complexity index is 69.3. The van der Waals surface area contributed by atoms with E-state index in [1.807, 2.05) is 0 Å². The standard InChI is InChI=1S/C8H20N2/c1-8(6-9(2)3)7-10(4)5/h8H,6-7H2,1-5H3. The third-order valence-electron chi connectivity index (χ3n) is 1.35. The molecular weight excluding hydrogens is 124 g/mol. The molecule has 0 aromatic heterocycles. The predicted molar refractivity (Wildman–Crippen MR) is 46.3 cm³/mol. The second-order valence-electron chi connectivity index (χ2n) is 3.63. The topological polar surface area (TPSA) is 6.48 Å². The van der Waals surface area contributed by atoms with Crippen molar-refractivity contribution in [3.8, 4) is 0 Å². The fourth-order valence-corrected chi connectivity index (χ4v) is 1.30. The minimum Gasteiger partial charge on any atom is -0.309 e. The molecule has 0 fully saturated rings. The van der Waals surface area contributed by atoms with Crippen molar-refractivity contribution in [3.63, 3.8) is 0 Å². The Labute approximate surface area is 64.8 Å². The molecule has 0 aliphatic carbocycles. The number of hydrogen-bond donors (Lipinski definition) is 0. The Morgan fingerprint density at radius 2 is 1.20 bits per heavy atom. The Balaban J connectivity index is 3.34. The molecule has 10 heavy (non-hydrogen) atoms. The lowest BCUT2D eigenvalue weighted by atomic mass is 10.1. The Morgan fingerprint density at radius 1 is 0.900 bits per heavy atom. The van der Waals surface area contributed by atoms with Crippen LogP contribution in [0, 0.1) is 5.92 Å². The van der Waals surface area contributed by atoms with Gasteiger partial charge in [-0.3, -0.25) is 0 Å². The summed E-state index contributed by atoms with van der Waals surface area (Å²) < 4.78 is 0. The number of hydrogen-bond acceptors (Lipinski definition) is 2. The van der Waals surface area contributed by atoms with Gasteiger partial charge in [0, 0.05) is 13.1 Å². The molecule has 0 amide bonds. The Kier molecular flexibility index (Phi) is 4.65. The highest BCUT2D eigenvalue weighted by Gasteiger charge is 2.03. The van der Waals surface area contributed by atoms with Crippen LogP contribution in [-0.4, -0.2) is 51.1 Å². The summed E-state index contributed by atoms with van der Waals surface area (Å²) in [6.45, 7) is 4.64. The van der Waals surface area contributed by atoms with Crippen LogP contribution in [0.25, 0.3) is 0 Å². The first kappa shape index (κ1) is 9.92. The van der Waals surface area contributed by atoms with Crippen LogP contribution < -0.4 is 0 Å². The summed E-state index contributed by atoms with van der Waals surface area (Å²) in [4.78, 5) is 4.46. The molecule has 62 valence electrons. The summed E-state index contributed by atoms with van der Waals surface area (Å²) in [5.41, 5.74) is 0. The third-order valence-corrected chi connectivity index (χ3v) is 1.35. The molecule has 0 bridgehead atoms. The fraction of sp³-hybridized carbons (Fsp3) is 1.00. The van der Waals surface area contributed by atoms with E-state index < -0.39 is 0 Å². The van der Waals surface area contributed by atoms with Crippen LogP contribution in [0.2, 0.25) is 0 Å². The highest BCUT2D eigenvalue weighted by atomic mass is 15.1. The zero-order chi connectivity index (χ0) is 8.15. The minimum atomic E-state index is 0.769. The quantitative estimate of drug-likeness (QED) is 0.574. The first-order chi connectivity index (χ1) is 4.52. The van der Waals surface area contributed by atoms with Crippen LogP contribution in [0.4, 0.5) is 0 Å². The predicted octanol–water partition coefficient (Wildman–Crippen LogP) is 0.746. The molecule has 0 radical (unpaired) electrons. The van der Waals surface area contributed by atoms with Gasteiger partial charge in [-0.1, -0.05) is 6.92 Å². The van der Waals surface area contributed by atoms with Crippen LogP contribution >= 0.6 is 0 Å². The SMILES string of the molecule is CC(CN(C)C)CN(C)C. The average molecular weight is 144 g/mol. The molecule has 0 aromatic carbocycles. The molecule has 0 spiro atoms. The highest BCUT2D eigenvalue weighted by Crippen LogP contribution is 1.96. The second kappa shape index (κ2) is 4.69. The van der Waals surface area contributed by atoms with Crippen LogP contribution in [0.15, 0.2) is 0 Å². The van der Waals surface area contributed by atoms with E-state index in [0.717, 1.165) is 5.92 Å². The van der Waals surface area contributed by atoms with Gasteiger partial charge >= 0.3 is 0 Å². The van der Waals surface area contributed by atoms with Gasteiger partial charge in [0.25, 0.3) is 0 Å². The third kappa shape index (κ3) is 6.05. The van der Waals surface area contributed by atoms with E-state index in [-0.39, 0.29) is 0 Å². The van der Waals surface area contributed by atoms with Crippen LogP contribution in [0.3, 0.4) is 0 Å². The Hall–Kier alpha value is -0.0800. The number of rotatable bonds is 4. The molecule has 0 N–H and O–H groups in total. The van der Waals surface area contributed by atoms with Gasteiger partial charge in [0.05, 0.1) is 0 Å². The fourth-order valence-electron chi connectivity index (χ4n) is 1.30. The van der Waals surface area contributed by atoms with Crippen molar-refractivity contribution < 1.29 is 0 Å². The minimum absolute atomic E-state index is 0.769. The summed E-state index contributed by atoms with van der Waals surface area (Å²) in [6, 6.07) is 0. The average Bonchev–Trinajstić information content (AvgIpc) is 1.58. The van der Waals surface area contributed by atoms with Gasteiger partial charge in [-0.25, -0.2) is 0 Å². The zero-order valence-corrected chi connectivity index (χ0v) is 7.89. The van der Waals surface area contributed by atoms with Crippen molar-refractivity contribution in [1.82, 2.24) is 9.80 Å². The van der Waals surface area contributed by atoms with E-state index in [9.17, 15) is 0 Å². The monoisotopic (exact) mass is 144 g/mol. The maximum Gasteiger partial charge on any atom is 0.00131 e. The van der Waals surface area contributed by atoms with Crippen molar-refractivity contribution in [3.05, 3.63) is 0 Å². The maximum atomic E-state index is 2.28. The summed E-state index contributed by atoms with van der Waals surface area (Å²) >= 11 is 0. The van der Waals surface area contributed by atoms with Gasteiger partial charge in [0.1, 0.15) is 0 Å². The normalized spacial score (nSPS) is 12.0. The zero-order valence-electron chi connectivity index (χ0n) is 7.89. The van der Waals surface area contributed by atoms with Crippen LogP contribution in [0.5, 0.6) is 0 Å². The van der Waals surface area contributed by atoms with Crippen LogP contribution in [0.1, 0.15) is 6.92 Å². The van der Waals surface area contributed by atoms with Crippen LogP contribution in [-0.2, 0) is 0 Å². The Morgan fingerprint density at radius 3 is 1.40 bits per heavy atom. The molecule has 2 heteroatoms. The lowest BCUT2D eigenvalue weighted by molar-refractivity contribution is 0.273. The summed E-state index contributed by atoms with van der Waals surface area (Å²) in [5.74, 6) is 0.769. The molecule has 0 saturated heterocycles. The lowest BCUT2D eigenvalue weighted by Gasteiger charge is -2.20. The van der Waals surface area contributed by atoms with Crippen molar-refractivity contribution in [2.24, 2.45) is 5.92 Å². The van der Waals surface area contributed by atoms with Crippen molar-refractivity contribution in [2.45, 2.75) is 6.92 Å². The first-order valence-electron chi connectivity index (χ1n) is 3.82. The van der Waals surface area contributed by atoms with E-state index in [1.54, 1.807) is 0 Å². The maximum absolute atomic E-state index is 2.28. The van der Waals surface area contributed by atoms with E-state index in [2.05, 4.69) is 44.9 Å². The van der Waals surface area contributed by atoms with Crippen molar-refractivity contribution in [2.75, 3.05) is 41.3 Å². The van der Waals surface area contributed by atoms with E-state index in [4.69, 9.17) is 0 Å². The lowest BCUT2D eigenvalue weighted by Crippen LogP contribution is -2.28. The summed E-state index contributed by atoms with van der Waals surface area (Å²) in [7, 11) is 8.47. The molecule has 0 unspecified atom stereocenters. The van der Waals surface area contributed by atoms with Gasteiger partial charge in [0.15, 0.2) is 0 Å². The molecule has 0 heterocycles. The largest absolute Gasteiger partial charge is 0.309 e. The van der Waals surface area contributed by atoms with Crippen molar-refractivity contribution >= 4 is 0 Å². The van der Waals surface area contributed by atoms with E-state index >= 15 is 0 Å². The van der Waals surface area contributed by atoms with E-state index in [1.165, 1.54) is 13.1 Å². The molecule has 0 saturated carbocycles. The highest BCUT2D eigenvalue weighted by molar-refractivity contribution is 4.58. The molecule has 0 aliphatic rings. The number of nitrogens with zero attached hydrogens (tertiary/aromatic N) is 2. The molecule has 0 aliphatic heterocycles. The molecule has 0 aromatic rings. The molecule has 2 nitrogen and oxygen atoms in total. The van der Waals surface area contributed by atoms with Gasteiger partial charge in [0.2, 0.25) is 0 Å². The smallest absolute Gasteiger partial charge is 0.00131 e. The van der Waals surface area contributed by atoms with Gasteiger partial charge in [-0.05, 0) is 34.1 Å². The molecule has 0 rings (SSSR count). The summed E-state index contributed by atoms with van der Waals surface area (Å²) in [6.07, 6.45) is 0. The second-order valence-corrected chi connectivity index (χ2v) is 3.63. The van der Waals surface area contributed by atoms with Crippen molar-refractivity contribution in [1.29, 1.82) is 0 Å².